The van der Waals surface area contributed by atoms with E-state index >= 15 is 0 Å². The van der Waals surface area contributed by atoms with Gasteiger partial charge in [-0.05, 0) is 25.3 Å². The third-order valence-electron chi connectivity index (χ3n) is 2.75. The first-order valence-electron chi connectivity index (χ1n) is 6.27. The Labute approximate surface area is 112 Å². The van der Waals surface area contributed by atoms with Crippen molar-refractivity contribution in [2.45, 2.75) is 39.0 Å². The first-order chi connectivity index (χ1) is 9.00. The first kappa shape index (κ1) is 15.1. The zero-order valence-electron chi connectivity index (χ0n) is 11.2. The highest BCUT2D eigenvalue weighted by Crippen LogP contribution is 2.23. The summed E-state index contributed by atoms with van der Waals surface area (Å²) in [6, 6.07) is 9.15. The van der Waals surface area contributed by atoms with Crippen LogP contribution in [0.3, 0.4) is 0 Å². The van der Waals surface area contributed by atoms with E-state index in [1.165, 1.54) is 13.8 Å². The Hall–Kier alpha value is -1.97. The molecule has 0 bridgehead atoms. The zero-order valence-corrected chi connectivity index (χ0v) is 11.2. The van der Waals surface area contributed by atoms with Gasteiger partial charge in [-0.3, -0.25) is 9.59 Å². The summed E-state index contributed by atoms with van der Waals surface area (Å²) >= 11 is 0. The molecule has 0 radical (unpaired) electrons. The van der Waals surface area contributed by atoms with Crippen molar-refractivity contribution in [2.75, 3.05) is 0 Å². The summed E-state index contributed by atoms with van der Waals surface area (Å²) < 4.78 is 4.66. The van der Waals surface area contributed by atoms with Crippen molar-refractivity contribution >= 4 is 17.7 Å². The van der Waals surface area contributed by atoms with Gasteiger partial charge in [0.15, 0.2) is 0 Å². The van der Waals surface area contributed by atoms with Crippen LogP contribution in [-0.4, -0.2) is 17.7 Å². The Balaban J connectivity index is 2.76. The van der Waals surface area contributed by atoms with E-state index in [-0.39, 0.29) is 5.78 Å². The molecular formula is C15H18O4. The number of ketones is 1. The molecule has 1 aromatic rings. The molecule has 0 amide bonds. The van der Waals surface area contributed by atoms with Gasteiger partial charge in [0, 0.05) is 13.3 Å². The molecule has 0 aliphatic rings. The maximum absolute atomic E-state index is 11.9. The van der Waals surface area contributed by atoms with Crippen LogP contribution in [0.15, 0.2) is 30.3 Å². The summed E-state index contributed by atoms with van der Waals surface area (Å²) in [6.07, 6.45) is 1.52. The Kier molecular flexibility index (Phi) is 5.93. The van der Waals surface area contributed by atoms with Crippen molar-refractivity contribution in [1.82, 2.24) is 0 Å². The first-order valence-corrected chi connectivity index (χ1v) is 6.27. The number of hydrogen-bond acceptors (Lipinski definition) is 4. The Morgan fingerprint density at radius 1 is 1.11 bits per heavy atom. The monoisotopic (exact) mass is 262 g/mol. The number of benzene rings is 1. The van der Waals surface area contributed by atoms with E-state index in [4.69, 9.17) is 0 Å². The van der Waals surface area contributed by atoms with E-state index in [0.717, 1.165) is 5.56 Å². The molecule has 0 saturated heterocycles. The minimum atomic E-state index is -0.613. The molecular weight excluding hydrogens is 244 g/mol. The molecule has 1 atom stereocenters. The van der Waals surface area contributed by atoms with E-state index in [0.29, 0.717) is 19.3 Å². The molecule has 0 saturated carbocycles. The van der Waals surface area contributed by atoms with Crippen LogP contribution in [0.2, 0.25) is 0 Å². The van der Waals surface area contributed by atoms with Gasteiger partial charge in [0.25, 0.3) is 0 Å². The van der Waals surface area contributed by atoms with E-state index < -0.39 is 17.9 Å². The summed E-state index contributed by atoms with van der Waals surface area (Å²) in [4.78, 5) is 33.7. The molecule has 1 aromatic carbocycles. The Bertz CT molecular complexity index is 450. The third-order valence-corrected chi connectivity index (χ3v) is 2.75. The Morgan fingerprint density at radius 2 is 1.74 bits per heavy atom. The summed E-state index contributed by atoms with van der Waals surface area (Å²) in [5.41, 5.74) is 0.803. The molecule has 0 N–H and O–H groups in total. The van der Waals surface area contributed by atoms with Gasteiger partial charge in [-0.1, -0.05) is 30.3 Å². The summed E-state index contributed by atoms with van der Waals surface area (Å²) in [6.45, 7) is 2.72. The molecule has 0 aliphatic heterocycles. The van der Waals surface area contributed by atoms with Crippen LogP contribution < -0.4 is 0 Å². The van der Waals surface area contributed by atoms with Gasteiger partial charge < -0.3 is 9.53 Å². The highest BCUT2D eigenvalue weighted by molar-refractivity contribution is 5.88. The SMILES string of the molecule is CC(=O)CCCC(C(=O)OC(C)=O)c1ccccc1. The van der Waals surface area contributed by atoms with E-state index in [2.05, 4.69) is 4.74 Å². The fraction of sp³-hybridized carbons (Fsp3) is 0.400. The minimum Gasteiger partial charge on any atom is -0.393 e. The molecule has 0 aliphatic carbocycles. The average Bonchev–Trinajstić information content (AvgIpc) is 2.34. The summed E-state index contributed by atoms with van der Waals surface area (Å²) in [5.74, 6) is -1.57. The van der Waals surface area contributed by atoms with Crippen LogP contribution >= 0.6 is 0 Å². The molecule has 4 nitrogen and oxygen atoms in total. The van der Waals surface area contributed by atoms with Crippen LogP contribution in [-0.2, 0) is 19.1 Å². The molecule has 0 spiro atoms. The van der Waals surface area contributed by atoms with Crippen LogP contribution in [0, 0.1) is 0 Å². The number of carbonyl (C=O) groups is 3. The molecule has 0 fully saturated rings. The third kappa shape index (κ3) is 5.46. The van der Waals surface area contributed by atoms with Crippen molar-refractivity contribution in [3.8, 4) is 0 Å². The Morgan fingerprint density at radius 3 is 2.26 bits per heavy atom. The number of Topliss-reactive ketones (excluding diaryl/α,β-unsaturated/α-hetero) is 1. The zero-order chi connectivity index (χ0) is 14.3. The van der Waals surface area contributed by atoms with Crippen LogP contribution in [0.4, 0.5) is 0 Å². The van der Waals surface area contributed by atoms with Gasteiger partial charge in [0.2, 0.25) is 0 Å². The van der Waals surface area contributed by atoms with E-state index in [1.807, 2.05) is 30.3 Å². The van der Waals surface area contributed by atoms with Crippen LogP contribution in [0.25, 0.3) is 0 Å². The number of esters is 2. The quantitative estimate of drug-likeness (QED) is 0.584. The number of hydrogen-bond donors (Lipinski definition) is 0. The molecule has 0 aromatic heterocycles. The average molecular weight is 262 g/mol. The molecule has 102 valence electrons. The standard InChI is InChI=1S/C15H18O4/c1-11(16)7-6-10-14(15(18)19-12(2)17)13-8-4-3-5-9-13/h3-5,8-9,14H,6-7,10H2,1-2H3. The lowest BCUT2D eigenvalue weighted by molar-refractivity contribution is -0.159. The van der Waals surface area contributed by atoms with E-state index in [9.17, 15) is 14.4 Å². The molecule has 1 rings (SSSR count). The number of rotatable bonds is 6. The highest BCUT2D eigenvalue weighted by Gasteiger charge is 2.23. The summed E-state index contributed by atoms with van der Waals surface area (Å²) in [7, 11) is 0. The van der Waals surface area contributed by atoms with Gasteiger partial charge >= 0.3 is 11.9 Å². The number of ether oxygens (including phenoxy) is 1. The lowest BCUT2D eigenvalue weighted by atomic mass is 9.93. The van der Waals surface area contributed by atoms with Gasteiger partial charge in [-0.2, -0.15) is 0 Å². The lowest BCUT2D eigenvalue weighted by Gasteiger charge is -2.14. The smallest absolute Gasteiger partial charge is 0.321 e. The van der Waals surface area contributed by atoms with Crippen LogP contribution in [0.1, 0.15) is 44.6 Å². The van der Waals surface area contributed by atoms with Crippen LogP contribution in [0.5, 0.6) is 0 Å². The maximum atomic E-state index is 11.9. The van der Waals surface area contributed by atoms with Crippen molar-refractivity contribution < 1.29 is 19.1 Å². The second-order valence-corrected chi connectivity index (χ2v) is 4.47. The van der Waals surface area contributed by atoms with Gasteiger partial charge in [-0.15, -0.1) is 0 Å². The minimum absolute atomic E-state index is 0.0896. The van der Waals surface area contributed by atoms with Gasteiger partial charge in [0.05, 0.1) is 5.92 Å². The summed E-state index contributed by atoms with van der Waals surface area (Å²) in [5, 5.41) is 0. The molecule has 19 heavy (non-hydrogen) atoms. The largest absolute Gasteiger partial charge is 0.393 e. The molecule has 1 unspecified atom stereocenters. The molecule has 4 heteroatoms. The van der Waals surface area contributed by atoms with Crippen molar-refractivity contribution in [3.63, 3.8) is 0 Å². The second-order valence-electron chi connectivity index (χ2n) is 4.47. The van der Waals surface area contributed by atoms with E-state index in [1.54, 1.807) is 0 Å². The number of carbonyl (C=O) groups excluding carboxylic acids is 3. The fourth-order valence-corrected chi connectivity index (χ4v) is 1.87. The highest BCUT2D eigenvalue weighted by atomic mass is 16.6. The van der Waals surface area contributed by atoms with Crippen molar-refractivity contribution in [2.24, 2.45) is 0 Å². The fourth-order valence-electron chi connectivity index (χ4n) is 1.87. The topological polar surface area (TPSA) is 60.4 Å². The predicted molar refractivity (Wildman–Crippen MR) is 70.5 cm³/mol. The van der Waals surface area contributed by atoms with Gasteiger partial charge in [-0.25, -0.2) is 0 Å². The van der Waals surface area contributed by atoms with Crippen molar-refractivity contribution in [3.05, 3.63) is 35.9 Å². The second kappa shape index (κ2) is 7.46. The molecule has 0 heterocycles. The lowest BCUT2D eigenvalue weighted by Crippen LogP contribution is -2.18. The van der Waals surface area contributed by atoms with Gasteiger partial charge in [0.1, 0.15) is 5.78 Å². The maximum Gasteiger partial charge on any atom is 0.321 e. The van der Waals surface area contributed by atoms with Crippen molar-refractivity contribution in [1.29, 1.82) is 0 Å². The predicted octanol–water partition coefficient (Wildman–Crippen LogP) is 2.62. The normalized spacial score (nSPS) is 11.7.